The van der Waals surface area contributed by atoms with E-state index in [0.717, 1.165) is 36.0 Å². The Kier molecular flexibility index (Phi) is 7.25. The number of phenolic OH excluding ortho intramolecular Hbond substituents is 2. The maximum absolute atomic E-state index is 11.2. The fourth-order valence-electron chi connectivity index (χ4n) is 4.33. The van der Waals surface area contributed by atoms with Crippen molar-refractivity contribution in [2.45, 2.75) is 111 Å². The molecule has 0 saturated carbocycles. The predicted molar refractivity (Wildman–Crippen MR) is 134 cm³/mol. The van der Waals surface area contributed by atoms with Crippen LogP contribution in [0.4, 0.5) is 0 Å². The van der Waals surface area contributed by atoms with Crippen molar-refractivity contribution < 1.29 is 10.2 Å². The lowest BCUT2D eigenvalue weighted by Crippen LogP contribution is -2.21. The lowest BCUT2D eigenvalue weighted by atomic mass is 9.74. The molecule has 0 bridgehead atoms. The minimum Gasteiger partial charge on any atom is -0.508 e. The molecule has 2 nitrogen and oxygen atoms in total. The van der Waals surface area contributed by atoms with Gasteiger partial charge >= 0.3 is 0 Å². The second-order valence-corrected chi connectivity index (χ2v) is 12.0. The van der Waals surface area contributed by atoms with Crippen molar-refractivity contribution in [3.63, 3.8) is 0 Å². The van der Waals surface area contributed by atoms with Crippen molar-refractivity contribution in [1.29, 1.82) is 0 Å². The predicted octanol–water partition coefficient (Wildman–Crippen LogP) is 8.12. The lowest BCUT2D eigenvalue weighted by molar-refractivity contribution is 0.390. The highest BCUT2D eigenvalue weighted by atomic mass is 16.3. The van der Waals surface area contributed by atoms with Crippen molar-refractivity contribution >= 4 is 0 Å². The molecule has 1 unspecified atom stereocenters. The fraction of sp³-hybridized carbons (Fsp3) is 0.586. The molecule has 0 amide bonds. The zero-order chi connectivity index (χ0) is 23.8. The number of benzene rings is 2. The van der Waals surface area contributed by atoms with E-state index in [1.165, 1.54) is 11.1 Å². The van der Waals surface area contributed by atoms with Gasteiger partial charge in [0.2, 0.25) is 0 Å². The van der Waals surface area contributed by atoms with Crippen LogP contribution in [0.15, 0.2) is 30.3 Å². The Labute approximate surface area is 190 Å². The molecule has 172 valence electrons. The molecule has 2 rings (SSSR count). The Hall–Kier alpha value is -1.96. The number of rotatable bonds is 6. The first-order valence-corrected chi connectivity index (χ1v) is 11.8. The average Bonchev–Trinajstić information content (AvgIpc) is 2.64. The van der Waals surface area contributed by atoms with E-state index in [4.69, 9.17) is 0 Å². The van der Waals surface area contributed by atoms with E-state index in [-0.39, 0.29) is 16.2 Å². The summed E-state index contributed by atoms with van der Waals surface area (Å²) in [7, 11) is 0. The van der Waals surface area contributed by atoms with Crippen molar-refractivity contribution in [3.05, 3.63) is 58.1 Å². The summed E-state index contributed by atoms with van der Waals surface area (Å²) in [6.07, 6.45) is 2.96. The van der Waals surface area contributed by atoms with Gasteiger partial charge in [-0.2, -0.15) is 0 Å². The highest BCUT2D eigenvalue weighted by Crippen LogP contribution is 2.43. The van der Waals surface area contributed by atoms with Crippen LogP contribution in [-0.2, 0) is 22.7 Å². The van der Waals surface area contributed by atoms with Gasteiger partial charge in [0, 0.05) is 5.56 Å². The third kappa shape index (κ3) is 5.84. The van der Waals surface area contributed by atoms with Crippen LogP contribution >= 0.6 is 0 Å². The van der Waals surface area contributed by atoms with Crippen molar-refractivity contribution in [2.24, 2.45) is 0 Å². The first kappa shape index (κ1) is 25.3. The molecule has 2 aromatic rings. The largest absolute Gasteiger partial charge is 0.508 e. The highest BCUT2D eigenvalue weighted by molar-refractivity contribution is 5.50. The number of aromatic hydroxyl groups is 2. The van der Waals surface area contributed by atoms with E-state index < -0.39 is 0 Å². The SMILES string of the molecule is CCc1cc(C(C)(C)C)c(O)c(C(C)(C)CCC(C)c2ccc(O)c(C(C)(C)C)c2)c1. The second-order valence-electron chi connectivity index (χ2n) is 12.0. The van der Waals surface area contributed by atoms with E-state index in [1.807, 2.05) is 6.07 Å². The smallest absolute Gasteiger partial charge is 0.123 e. The summed E-state index contributed by atoms with van der Waals surface area (Å²) < 4.78 is 0. The lowest BCUT2D eigenvalue weighted by Gasteiger charge is -2.32. The van der Waals surface area contributed by atoms with Crippen LogP contribution in [0.2, 0.25) is 0 Å². The van der Waals surface area contributed by atoms with Gasteiger partial charge in [-0.25, -0.2) is 0 Å². The third-order valence-corrected chi connectivity index (χ3v) is 6.72. The van der Waals surface area contributed by atoms with Crippen LogP contribution in [0.5, 0.6) is 11.5 Å². The van der Waals surface area contributed by atoms with Gasteiger partial charge in [0.1, 0.15) is 11.5 Å². The number of aryl methyl sites for hydroxylation is 1. The normalized spacial score (nSPS) is 14.0. The van der Waals surface area contributed by atoms with Crippen LogP contribution in [0.3, 0.4) is 0 Å². The molecule has 0 fully saturated rings. The van der Waals surface area contributed by atoms with Crippen LogP contribution in [0.1, 0.15) is 116 Å². The van der Waals surface area contributed by atoms with Crippen LogP contribution in [-0.4, -0.2) is 10.2 Å². The molecular weight excluding hydrogens is 380 g/mol. The van der Waals surface area contributed by atoms with Gasteiger partial charge in [-0.15, -0.1) is 0 Å². The molecule has 0 aromatic heterocycles. The molecule has 2 aromatic carbocycles. The van der Waals surface area contributed by atoms with Gasteiger partial charge in [0.25, 0.3) is 0 Å². The first-order chi connectivity index (χ1) is 14.1. The standard InChI is InChI=1S/C29H44O2/c1-11-20-16-23(28(6,7)8)26(31)24(17-20)29(9,10)15-14-19(2)21-12-13-25(30)22(18-21)27(3,4)5/h12-13,16-19,30-31H,11,14-15H2,1-10H3. The molecule has 1 atom stereocenters. The molecule has 2 N–H and O–H groups in total. The van der Waals surface area contributed by atoms with E-state index in [0.29, 0.717) is 17.4 Å². The molecule has 0 aliphatic heterocycles. The molecule has 2 heteroatoms. The molecule has 0 saturated heterocycles. The molecule has 0 heterocycles. The van der Waals surface area contributed by atoms with Crippen LogP contribution < -0.4 is 0 Å². The van der Waals surface area contributed by atoms with Crippen molar-refractivity contribution in [2.75, 3.05) is 0 Å². The van der Waals surface area contributed by atoms with Gasteiger partial charge in [0.05, 0.1) is 0 Å². The fourth-order valence-corrected chi connectivity index (χ4v) is 4.33. The van der Waals surface area contributed by atoms with Gasteiger partial charge in [-0.05, 0) is 69.7 Å². The van der Waals surface area contributed by atoms with E-state index >= 15 is 0 Å². The summed E-state index contributed by atoms with van der Waals surface area (Å²) in [6, 6.07) is 10.4. The molecule has 0 aliphatic rings. The minimum atomic E-state index is -0.132. The summed E-state index contributed by atoms with van der Waals surface area (Å²) in [5.41, 5.74) is 5.33. The molecule has 31 heavy (non-hydrogen) atoms. The average molecular weight is 425 g/mol. The Morgan fingerprint density at radius 2 is 1.32 bits per heavy atom. The van der Waals surface area contributed by atoms with Crippen LogP contribution in [0.25, 0.3) is 0 Å². The number of phenols is 2. The molecule has 0 spiro atoms. The molecule has 0 radical (unpaired) electrons. The zero-order valence-electron chi connectivity index (χ0n) is 21.5. The van der Waals surface area contributed by atoms with Gasteiger partial charge in [-0.1, -0.05) is 93.5 Å². The van der Waals surface area contributed by atoms with E-state index in [9.17, 15) is 10.2 Å². The number of hydrogen-bond donors (Lipinski definition) is 2. The second kappa shape index (κ2) is 8.88. The Balaban J connectivity index is 2.32. The summed E-state index contributed by atoms with van der Waals surface area (Å²) in [6.45, 7) is 21.8. The summed E-state index contributed by atoms with van der Waals surface area (Å²) in [5, 5.41) is 21.5. The van der Waals surface area contributed by atoms with Gasteiger partial charge < -0.3 is 10.2 Å². The minimum absolute atomic E-state index is 0.0885. The third-order valence-electron chi connectivity index (χ3n) is 6.72. The Morgan fingerprint density at radius 3 is 1.84 bits per heavy atom. The molecular formula is C29H44O2. The number of hydrogen-bond acceptors (Lipinski definition) is 2. The Bertz CT molecular complexity index is 908. The summed E-state index contributed by atoms with van der Waals surface area (Å²) in [5.74, 6) is 1.21. The summed E-state index contributed by atoms with van der Waals surface area (Å²) in [4.78, 5) is 0. The maximum Gasteiger partial charge on any atom is 0.123 e. The van der Waals surface area contributed by atoms with Crippen molar-refractivity contribution in [1.82, 2.24) is 0 Å². The zero-order valence-corrected chi connectivity index (χ0v) is 21.5. The molecule has 0 aliphatic carbocycles. The van der Waals surface area contributed by atoms with E-state index in [1.54, 1.807) is 0 Å². The monoisotopic (exact) mass is 424 g/mol. The van der Waals surface area contributed by atoms with E-state index in [2.05, 4.69) is 93.5 Å². The van der Waals surface area contributed by atoms with Gasteiger partial charge in [0.15, 0.2) is 0 Å². The van der Waals surface area contributed by atoms with Crippen molar-refractivity contribution in [3.8, 4) is 11.5 Å². The quantitative estimate of drug-likeness (QED) is 0.491. The topological polar surface area (TPSA) is 40.5 Å². The summed E-state index contributed by atoms with van der Waals surface area (Å²) >= 11 is 0. The Morgan fingerprint density at radius 1 is 0.774 bits per heavy atom. The highest BCUT2D eigenvalue weighted by Gasteiger charge is 2.30. The first-order valence-electron chi connectivity index (χ1n) is 11.8. The maximum atomic E-state index is 11.2. The van der Waals surface area contributed by atoms with Crippen LogP contribution in [0, 0.1) is 0 Å². The van der Waals surface area contributed by atoms with Gasteiger partial charge in [-0.3, -0.25) is 0 Å².